The zero-order chi connectivity index (χ0) is 19.1. The Morgan fingerprint density at radius 2 is 1.79 bits per heavy atom. The molecule has 0 saturated carbocycles. The van der Waals surface area contributed by atoms with Crippen molar-refractivity contribution in [1.82, 2.24) is 29.1 Å². The van der Waals surface area contributed by atoms with Gasteiger partial charge in [-0.05, 0) is 42.5 Å². The van der Waals surface area contributed by atoms with Crippen molar-refractivity contribution in [2.75, 3.05) is 0 Å². The van der Waals surface area contributed by atoms with Gasteiger partial charge in [0.2, 0.25) is 0 Å². The van der Waals surface area contributed by atoms with Gasteiger partial charge >= 0.3 is 0 Å². The van der Waals surface area contributed by atoms with Crippen LogP contribution in [0, 0.1) is 0 Å². The third kappa shape index (κ3) is 2.74. The molecule has 0 amide bonds. The fourth-order valence-corrected chi connectivity index (χ4v) is 3.55. The smallest absolute Gasteiger partial charge is 0.187 e. The molecule has 4 heterocycles. The van der Waals surface area contributed by atoms with Crippen molar-refractivity contribution in [1.29, 1.82) is 0 Å². The number of benzene rings is 1. The number of nitrogens with zero attached hydrogens (tertiary/aromatic N) is 6. The van der Waals surface area contributed by atoms with Gasteiger partial charge in [-0.25, -0.2) is 4.98 Å². The standard InChI is InChI=1S/C20H12Cl2N6/c21-13-4-5-16(22)15(11-13)18-19(27-10-2-1-3-17(27)25-18)20-26-24-12-28(20)14-6-8-23-9-7-14/h1-12H. The molecule has 28 heavy (non-hydrogen) atoms. The van der Waals surface area contributed by atoms with Crippen molar-refractivity contribution in [3.63, 3.8) is 0 Å². The molecule has 4 aromatic heterocycles. The molecule has 5 aromatic rings. The first-order valence-electron chi connectivity index (χ1n) is 8.45. The first kappa shape index (κ1) is 16.9. The van der Waals surface area contributed by atoms with Crippen LogP contribution in [0.1, 0.15) is 0 Å². The quantitative estimate of drug-likeness (QED) is 0.425. The molecular weight excluding hydrogens is 395 g/mol. The van der Waals surface area contributed by atoms with E-state index >= 15 is 0 Å². The lowest BCUT2D eigenvalue weighted by Gasteiger charge is -2.09. The Morgan fingerprint density at radius 3 is 2.64 bits per heavy atom. The van der Waals surface area contributed by atoms with Crippen LogP contribution in [0.5, 0.6) is 0 Å². The van der Waals surface area contributed by atoms with Crippen LogP contribution in [0.4, 0.5) is 0 Å². The Balaban J connectivity index is 1.84. The van der Waals surface area contributed by atoms with Gasteiger partial charge in [0.25, 0.3) is 0 Å². The highest BCUT2D eigenvalue weighted by Gasteiger charge is 2.22. The van der Waals surface area contributed by atoms with Crippen LogP contribution < -0.4 is 0 Å². The van der Waals surface area contributed by atoms with Crippen LogP contribution in [0.2, 0.25) is 10.0 Å². The molecule has 0 aliphatic heterocycles. The van der Waals surface area contributed by atoms with Crippen LogP contribution >= 0.6 is 23.2 Å². The first-order chi connectivity index (χ1) is 13.7. The summed E-state index contributed by atoms with van der Waals surface area (Å²) in [5.74, 6) is 0.635. The number of hydrogen-bond donors (Lipinski definition) is 0. The Morgan fingerprint density at radius 1 is 0.929 bits per heavy atom. The largest absolute Gasteiger partial charge is 0.296 e. The zero-order valence-electron chi connectivity index (χ0n) is 14.4. The highest BCUT2D eigenvalue weighted by Crippen LogP contribution is 2.37. The van der Waals surface area contributed by atoms with E-state index in [1.807, 2.05) is 51.6 Å². The van der Waals surface area contributed by atoms with E-state index in [0.29, 0.717) is 21.6 Å². The number of imidazole rings is 1. The van der Waals surface area contributed by atoms with Crippen molar-refractivity contribution >= 4 is 28.8 Å². The molecule has 0 aliphatic carbocycles. The van der Waals surface area contributed by atoms with E-state index in [1.54, 1.807) is 30.9 Å². The highest BCUT2D eigenvalue weighted by molar-refractivity contribution is 6.35. The summed E-state index contributed by atoms with van der Waals surface area (Å²) in [5, 5.41) is 9.65. The van der Waals surface area contributed by atoms with Crippen molar-refractivity contribution in [3.05, 3.63) is 83.5 Å². The normalized spacial score (nSPS) is 11.2. The molecule has 0 unspecified atom stereocenters. The number of halogens is 2. The van der Waals surface area contributed by atoms with E-state index in [9.17, 15) is 0 Å². The van der Waals surface area contributed by atoms with Gasteiger partial charge in [0.1, 0.15) is 23.4 Å². The maximum Gasteiger partial charge on any atom is 0.187 e. The van der Waals surface area contributed by atoms with Crippen molar-refractivity contribution in [2.45, 2.75) is 0 Å². The molecule has 8 heteroatoms. The maximum absolute atomic E-state index is 6.49. The lowest BCUT2D eigenvalue weighted by atomic mass is 10.1. The van der Waals surface area contributed by atoms with Gasteiger partial charge in [0.05, 0.1) is 10.7 Å². The Labute approximate surface area is 170 Å². The van der Waals surface area contributed by atoms with Gasteiger partial charge in [-0.15, -0.1) is 10.2 Å². The highest BCUT2D eigenvalue weighted by atomic mass is 35.5. The monoisotopic (exact) mass is 406 g/mol. The average molecular weight is 407 g/mol. The zero-order valence-corrected chi connectivity index (χ0v) is 15.9. The molecule has 5 rings (SSSR count). The summed E-state index contributed by atoms with van der Waals surface area (Å²) in [5.41, 5.74) is 3.85. The summed E-state index contributed by atoms with van der Waals surface area (Å²) in [7, 11) is 0. The predicted octanol–water partition coefficient (Wildman–Crippen LogP) is 4.95. The average Bonchev–Trinajstić information content (AvgIpc) is 3.34. The van der Waals surface area contributed by atoms with Crippen LogP contribution in [-0.2, 0) is 0 Å². The Bertz CT molecular complexity index is 1290. The minimum absolute atomic E-state index is 0.559. The minimum atomic E-state index is 0.559. The Hall–Kier alpha value is -3.22. The number of pyridine rings is 2. The molecule has 6 nitrogen and oxygen atoms in total. The number of rotatable bonds is 3. The number of aromatic nitrogens is 6. The fourth-order valence-electron chi connectivity index (χ4n) is 3.17. The van der Waals surface area contributed by atoms with E-state index in [0.717, 1.165) is 22.6 Å². The van der Waals surface area contributed by atoms with Crippen molar-refractivity contribution in [3.8, 4) is 28.5 Å². The Kier molecular flexibility index (Phi) is 4.07. The van der Waals surface area contributed by atoms with Gasteiger partial charge < -0.3 is 0 Å². The fraction of sp³-hybridized carbons (Fsp3) is 0. The summed E-state index contributed by atoms with van der Waals surface area (Å²) >= 11 is 12.7. The van der Waals surface area contributed by atoms with E-state index < -0.39 is 0 Å². The van der Waals surface area contributed by atoms with Crippen LogP contribution in [-0.4, -0.2) is 29.1 Å². The van der Waals surface area contributed by atoms with E-state index in [2.05, 4.69) is 15.2 Å². The van der Waals surface area contributed by atoms with Crippen molar-refractivity contribution < 1.29 is 0 Å². The molecule has 0 spiro atoms. The number of hydrogen-bond acceptors (Lipinski definition) is 4. The van der Waals surface area contributed by atoms with E-state index in [-0.39, 0.29) is 0 Å². The molecule has 0 radical (unpaired) electrons. The second-order valence-electron chi connectivity index (χ2n) is 6.09. The summed E-state index contributed by atoms with van der Waals surface area (Å²) < 4.78 is 3.86. The maximum atomic E-state index is 6.49. The van der Waals surface area contributed by atoms with Crippen molar-refractivity contribution in [2.24, 2.45) is 0 Å². The van der Waals surface area contributed by atoms with Gasteiger partial charge in [-0.2, -0.15) is 0 Å². The molecule has 0 fully saturated rings. The van der Waals surface area contributed by atoms with Crippen LogP contribution in [0.25, 0.3) is 34.1 Å². The molecule has 0 atom stereocenters. The summed E-state index contributed by atoms with van der Waals surface area (Å²) in [6, 6.07) is 14.9. The van der Waals surface area contributed by atoms with Gasteiger partial charge in [-0.3, -0.25) is 14.0 Å². The van der Waals surface area contributed by atoms with Gasteiger partial charge in [0, 0.05) is 29.2 Å². The molecule has 0 N–H and O–H groups in total. The summed E-state index contributed by atoms with van der Waals surface area (Å²) in [6.45, 7) is 0. The second-order valence-corrected chi connectivity index (χ2v) is 6.94. The van der Waals surface area contributed by atoms with E-state index in [4.69, 9.17) is 28.2 Å². The third-order valence-electron chi connectivity index (χ3n) is 4.41. The predicted molar refractivity (Wildman–Crippen MR) is 109 cm³/mol. The molecule has 0 bridgehead atoms. The lowest BCUT2D eigenvalue weighted by molar-refractivity contribution is 1.03. The topological polar surface area (TPSA) is 60.9 Å². The van der Waals surface area contributed by atoms with Gasteiger partial charge in [-0.1, -0.05) is 29.3 Å². The molecule has 0 aliphatic rings. The molecule has 136 valence electrons. The van der Waals surface area contributed by atoms with Gasteiger partial charge in [0.15, 0.2) is 5.82 Å². The van der Waals surface area contributed by atoms with E-state index in [1.165, 1.54) is 0 Å². The van der Waals surface area contributed by atoms with Crippen LogP contribution in [0.3, 0.4) is 0 Å². The third-order valence-corrected chi connectivity index (χ3v) is 4.98. The first-order valence-corrected chi connectivity index (χ1v) is 9.21. The molecular formula is C20H12Cl2N6. The SMILES string of the molecule is Clc1ccc(Cl)c(-c2nc3ccccn3c2-c2nncn2-c2ccncc2)c1. The number of fused-ring (bicyclic) bond motifs is 1. The molecule has 1 aromatic carbocycles. The minimum Gasteiger partial charge on any atom is -0.296 e. The molecule has 0 saturated heterocycles. The summed E-state index contributed by atoms with van der Waals surface area (Å²) in [4.78, 5) is 8.88. The lowest BCUT2D eigenvalue weighted by Crippen LogP contribution is -2.00. The summed E-state index contributed by atoms with van der Waals surface area (Å²) in [6.07, 6.45) is 7.05. The van der Waals surface area contributed by atoms with Crippen LogP contribution in [0.15, 0.2) is 73.4 Å². The second kappa shape index (κ2) is 6.74.